The van der Waals surface area contributed by atoms with Crippen LogP contribution in [0.25, 0.3) is 22.0 Å². The topological polar surface area (TPSA) is 63.1 Å². The Labute approximate surface area is 165 Å². The van der Waals surface area contributed by atoms with Crippen LogP contribution in [0.15, 0.2) is 43.0 Å². The number of nitrogens with one attached hydrogen (secondary N) is 1. The number of carbonyl (C=O) groups excluding carboxylic acids is 1. The molecule has 1 N–H and O–H groups in total. The summed E-state index contributed by atoms with van der Waals surface area (Å²) in [6, 6.07) is 8.79. The number of carbonyl (C=O) groups is 1. The third kappa shape index (κ3) is 3.78. The molecule has 2 heterocycles. The predicted molar refractivity (Wildman–Crippen MR) is 112 cm³/mol. The monoisotopic (exact) mass is 377 g/mol. The van der Waals surface area contributed by atoms with E-state index in [0.717, 1.165) is 47.7 Å². The molecule has 0 spiro atoms. The van der Waals surface area contributed by atoms with Crippen molar-refractivity contribution in [1.29, 1.82) is 0 Å². The third-order valence-corrected chi connectivity index (χ3v) is 5.88. The van der Waals surface area contributed by atoms with Gasteiger partial charge in [0.25, 0.3) is 0 Å². The van der Waals surface area contributed by atoms with Crippen LogP contribution in [0.3, 0.4) is 0 Å². The van der Waals surface area contributed by atoms with E-state index < -0.39 is 0 Å². The number of rotatable bonds is 4. The van der Waals surface area contributed by atoms with Gasteiger partial charge in [-0.25, -0.2) is 9.97 Å². The van der Waals surface area contributed by atoms with Crippen molar-refractivity contribution in [2.75, 3.05) is 19.4 Å². The van der Waals surface area contributed by atoms with Crippen LogP contribution >= 0.6 is 0 Å². The lowest BCUT2D eigenvalue weighted by Crippen LogP contribution is -2.35. The molecule has 0 unspecified atom stereocenters. The van der Waals surface area contributed by atoms with E-state index in [9.17, 15) is 4.79 Å². The van der Waals surface area contributed by atoms with Gasteiger partial charge in [0.1, 0.15) is 5.82 Å². The summed E-state index contributed by atoms with van der Waals surface area (Å²) in [5, 5.41) is 5.14. The molecule has 0 saturated heterocycles. The first-order chi connectivity index (χ1) is 13.5. The van der Waals surface area contributed by atoms with Gasteiger partial charge in [-0.2, -0.15) is 0 Å². The molecule has 6 heteroatoms. The highest BCUT2D eigenvalue weighted by molar-refractivity contribution is 5.95. The molecule has 1 amide bonds. The lowest BCUT2D eigenvalue weighted by Gasteiger charge is -2.31. The molecule has 1 saturated carbocycles. The van der Waals surface area contributed by atoms with Crippen LogP contribution in [0, 0.1) is 5.92 Å². The van der Waals surface area contributed by atoms with Gasteiger partial charge in [0.2, 0.25) is 5.91 Å². The van der Waals surface area contributed by atoms with Gasteiger partial charge >= 0.3 is 0 Å². The summed E-state index contributed by atoms with van der Waals surface area (Å²) < 4.78 is 2.00. The highest BCUT2D eigenvalue weighted by atomic mass is 16.1. The Morgan fingerprint density at radius 3 is 2.57 bits per heavy atom. The van der Waals surface area contributed by atoms with Gasteiger partial charge in [-0.3, -0.25) is 4.79 Å². The maximum Gasteiger partial charge on any atom is 0.228 e. The Morgan fingerprint density at radius 1 is 1.11 bits per heavy atom. The molecule has 1 aliphatic rings. The van der Waals surface area contributed by atoms with Gasteiger partial charge in [0.05, 0.1) is 18.2 Å². The molecule has 0 aliphatic heterocycles. The summed E-state index contributed by atoms with van der Waals surface area (Å²) in [6.45, 7) is 0. The molecule has 1 aliphatic carbocycles. The minimum Gasteiger partial charge on any atom is -0.334 e. The van der Waals surface area contributed by atoms with E-state index in [1.807, 2.05) is 30.1 Å². The first-order valence-corrected chi connectivity index (χ1v) is 9.85. The number of aryl methyl sites for hydroxylation is 1. The minimum absolute atomic E-state index is 0.0782. The van der Waals surface area contributed by atoms with Crippen molar-refractivity contribution >= 4 is 22.5 Å². The van der Waals surface area contributed by atoms with Crippen LogP contribution in [-0.2, 0) is 11.8 Å². The molecule has 146 valence electrons. The van der Waals surface area contributed by atoms with Gasteiger partial charge in [-0.1, -0.05) is 12.1 Å². The van der Waals surface area contributed by atoms with Gasteiger partial charge in [0, 0.05) is 36.2 Å². The van der Waals surface area contributed by atoms with Crippen molar-refractivity contribution in [3.05, 3.63) is 43.0 Å². The number of amides is 1. The SMILES string of the molecule is Cn1cncc1-c1ccc2cnc(NC(=O)[C@H]3CC[C@H](N(C)C)CC3)cc2c1. The van der Waals surface area contributed by atoms with Crippen LogP contribution in [0.1, 0.15) is 25.7 Å². The third-order valence-electron chi connectivity index (χ3n) is 5.88. The fourth-order valence-corrected chi connectivity index (χ4v) is 4.09. The fourth-order valence-electron chi connectivity index (χ4n) is 4.09. The molecule has 2 aromatic heterocycles. The Balaban J connectivity index is 1.50. The summed E-state index contributed by atoms with van der Waals surface area (Å²) in [5.41, 5.74) is 2.15. The fraction of sp³-hybridized carbons (Fsp3) is 0.409. The van der Waals surface area contributed by atoms with Crippen molar-refractivity contribution in [2.24, 2.45) is 13.0 Å². The minimum atomic E-state index is 0.0782. The second-order valence-corrected chi connectivity index (χ2v) is 7.98. The summed E-state index contributed by atoms with van der Waals surface area (Å²) in [6.07, 6.45) is 9.49. The number of anilines is 1. The second-order valence-electron chi connectivity index (χ2n) is 7.98. The molecular weight excluding hydrogens is 350 g/mol. The van der Waals surface area contributed by atoms with E-state index in [4.69, 9.17) is 0 Å². The number of imidazole rings is 1. The molecule has 0 atom stereocenters. The summed E-state index contributed by atoms with van der Waals surface area (Å²) in [4.78, 5) is 23.6. The number of hydrogen-bond donors (Lipinski definition) is 1. The molecule has 1 fully saturated rings. The molecule has 0 bridgehead atoms. The van der Waals surface area contributed by atoms with Gasteiger partial charge in [-0.05, 0) is 57.3 Å². The largest absolute Gasteiger partial charge is 0.334 e. The first-order valence-electron chi connectivity index (χ1n) is 9.85. The van der Waals surface area contributed by atoms with Crippen molar-refractivity contribution in [3.8, 4) is 11.3 Å². The van der Waals surface area contributed by atoms with Gasteiger partial charge in [0.15, 0.2) is 0 Å². The summed E-state index contributed by atoms with van der Waals surface area (Å²) in [5.74, 6) is 0.788. The zero-order chi connectivity index (χ0) is 19.7. The predicted octanol–water partition coefficient (Wildman–Crippen LogP) is 3.69. The molecule has 0 radical (unpaired) electrons. The Hall–Kier alpha value is -2.73. The van der Waals surface area contributed by atoms with Crippen molar-refractivity contribution in [1.82, 2.24) is 19.4 Å². The lowest BCUT2D eigenvalue weighted by molar-refractivity contribution is -0.121. The number of benzene rings is 1. The van der Waals surface area contributed by atoms with E-state index in [1.165, 1.54) is 0 Å². The van der Waals surface area contributed by atoms with E-state index in [2.05, 4.69) is 52.5 Å². The van der Waals surface area contributed by atoms with E-state index >= 15 is 0 Å². The van der Waals surface area contributed by atoms with E-state index in [0.29, 0.717) is 11.9 Å². The van der Waals surface area contributed by atoms with Gasteiger partial charge < -0.3 is 14.8 Å². The van der Waals surface area contributed by atoms with E-state index in [1.54, 1.807) is 6.33 Å². The Morgan fingerprint density at radius 2 is 1.89 bits per heavy atom. The average molecular weight is 377 g/mol. The maximum absolute atomic E-state index is 12.7. The Bertz CT molecular complexity index is 986. The van der Waals surface area contributed by atoms with Crippen LogP contribution < -0.4 is 5.32 Å². The lowest BCUT2D eigenvalue weighted by atomic mass is 9.85. The maximum atomic E-state index is 12.7. The average Bonchev–Trinajstić information content (AvgIpc) is 3.13. The van der Waals surface area contributed by atoms with Gasteiger partial charge in [-0.15, -0.1) is 0 Å². The van der Waals surface area contributed by atoms with Crippen LogP contribution in [-0.4, -0.2) is 45.5 Å². The standard InChI is InChI=1S/C22H27N5O/c1-26(2)19-8-6-15(7-9-19)22(28)25-21-11-18-10-16(4-5-17(18)12-24-21)20-13-23-14-27(20)3/h4-5,10-15,19H,6-9H2,1-3H3,(H,24,25,28)/t15-,19-. The molecule has 1 aromatic carbocycles. The number of aromatic nitrogens is 3. The zero-order valence-corrected chi connectivity index (χ0v) is 16.7. The second kappa shape index (κ2) is 7.72. The summed E-state index contributed by atoms with van der Waals surface area (Å²) >= 11 is 0. The summed E-state index contributed by atoms with van der Waals surface area (Å²) in [7, 11) is 6.21. The molecular formula is C22H27N5O. The number of fused-ring (bicyclic) bond motifs is 1. The first kappa shape index (κ1) is 18.6. The number of pyridine rings is 1. The van der Waals surface area contributed by atoms with E-state index in [-0.39, 0.29) is 11.8 Å². The van der Waals surface area contributed by atoms with Crippen LogP contribution in [0.5, 0.6) is 0 Å². The molecule has 4 rings (SSSR count). The molecule has 3 aromatic rings. The quantitative estimate of drug-likeness (QED) is 0.753. The zero-order valence-electron chi connectivity index (χ0n) is 16.7. The van der Waals surface area contributed by atoms with Crippen LogP contribution in [0.4, 0.5) is 5.82 Å². The van der Waals surface area contributed by atoms with Crippen LogP contribution in [0.2, 0.25) is 0 Å². The number of nitrogens with zero attached hydrogens (tertiary/aromatic N) is 4. The molecule has 28 heavy (non-hydrogen) atoms. The molecule has 6 nitrogen and oxygen atoms in total. The normalized spacial score (nSPS) is 19.9. The Kier molecular flexibility index (Phi) is 5.13. The highest BCUT2D eigenvalue weighted by Crippen LogP contribution is 2.28. The van der Waals surface area contributed by atoms with Crippen molar-refractivity contribution in [2.45, 2.75) is 31.7 Å². The van der Waals surface area contributed by atoms with Crippen molar-refractivity contribution < 1.29 is 4.79 Å². The van der Waals surface area contributed by atoms with Crippen molar-refractivity contribution in [3.63, 3.8) is 0 Å². The smallest absolute Gasteiger partial charge is 0.228 e. The highest BCUT2D eigenvalue weighted by Gasteiger charge is 2.27. The number of hydrogen-bond acceptors (Lipinski definition) is 4.